The molecule has 0 unspecified atom stereocenters. The quantitative estimate of drug-likeness (QED) is 0.340. The molecule has 1 aromatic carbocycles. The van der Waals surface area contributed by atoms with Crippen LogP contribution in [0.15, 0.2) is 64.3 Å². The van der Waals surface area contributed by atoms with Crippen molar-refractivity contribution in [3.63, 3.8) is 0 Å². The number of fused-ring (bicyclic) bond motifs is 1. The van der Waals surface area contributed by atoms with Crippen molar-refractivity contribution in [2.24, 2.45) is 10.9 Å². The highest BCUT2D eigenvalue weighted by molar-refractivity contribution is 8.16. The largest absolute Gasteiger partial charge is 0.496 e. The molecule has 202 valence electrons. The van der Waals surface area contributed by atoms with Crippen LogP contribution >= 0.6 is 11.8 Å². The Morgan fingerprint density at radius 2 is 2.03 bits per heavy atom. The minimum atomic E-state index is -0.598. The highest BCUT2D eigenvalue weighted by Crippen LogP contribution is 2.47. The normalized spacial score (nSPS) is 20.8. The number of methoxy groups -OCH3 is 1. The average Bonchev–Trinajstić information content (AvgIpc) is 3.32. The Bertz CT molecular complexity index is 1210. The van der Waals surface area contributed by atoms with Gasteiger partial charge in [0, 0.05) is 24.4 Å². The number of para-hydroxylation sites is 1. The van der Waals surface area contributed by atoms with E-state index in [1.807, 2.05) is 34.6 Å². The van der Waals surface area contributed by atoms with E-state index in [2.05, 4.69) is 6.58 Å². The van der Waals surface area contributed by atoms with E-state index in [-0.39, 0.29) is 30.8 Å². The molecule has 1 amide bonds. The smallest absolute Gasteiger partial charge is 0.338 e. The summed E-state index contributed by atoms with van der Waals surface area (Å²) >= 11 is 1.41. The number of amidine groups is 1. The molecule has 0 radical (unpaired) electrons. The third-order valence-electron chi connectivity index (χ3n) is 6.71. The van der Waals surface area contributed by atoms with Crippen molar-refractivity contribution in [3.05, 3.63) is 64.9 Å². The molecule has 3 aliphatic heterocycles. The SMILES string of the molecule is C=CCOC(=O)C1=C(C)N=C2SC=C(CC(=O)N3CCC[C@H](C(=O)OCC)C3)N2[C@@H]1c1ccccc1OC. The third-order valence-corrected chi connectivity index (χ3v) is 7.60. The number of allylic oxidation sites excluding steroid dienone is 1. The van der Waals surface area contributed by atoms with Crippen molar-refractivity contribution in [2.45, 2.75) is 39.2 Å². The Balaban J connectivity index is 1.64. The van der Waals surface area contributed by atoms with Gasteiger partial charge in [-0.1, -0.05) is 42.6 Å². The number of carbonyl (C=O) groups is 3. The number of nitrogens with zero attached hydrogens (tertiary/aromatic N) is 3. The predicted octanol–water partition coefficient (Wildman–Crippen LogP) is 4.19. The van der Waals surface area contributed by atoms with E-state index in [0.29, 0.717) is 48.3 Å². The molecule has 1 fully saturated rings. The van der Waals surface area contributed by atoms with Gasteiger partial charge < -0.3 is 24.0 Å². The number of ether oxygens (including phenoxy) is 3. The molecular weight excluding hydrogens is 506 g/mol. The molecule has 0 spiro atoms. The summed E-state index contributed by atoms with van der Waals surface area (Å²) in [5.41, 5.74) is 2.40. The predicted molar refractivity (Wildman–Crippen MR) is 145 cm³/mol. The van der Waals surface area contributed by atoms with Crippen LogP contribution in [0.4, 0.5) is 0 Å². The molecule has 1 saturated heterocycles. The van der Waals surface area contributed by atoms with Gasteiger partial charge in [0.2, 0.25) is 5.91 Å². The van der Waals surface area contributed by atoms with E-state index in [1.165, 1.54) is 17.8 Å². The number of hydrogen-bond donors (Lipinski definition) is 0. The first-order valence-corrected chi connectivity index (χ1v) is 13.6. The van der Waals surface area contributed by atoms with Crippen molar-refractivity contribution in [1.82, 2.24) is 9.80 Å². The zero-order chi connectivity index (χ0) is 27.2. The minimum absolute atomic E-state index is 0.0668. The van der Waals surface area contributed by atoms with Gasteiger partial charge in [0.15, 0.2) is 5.17 Å². The first kappa shape index (κ1) is 27.5. The van der Waals surface area contributed by atoms with Crippen molar-refractivity contribution in [1.29, 1.82) is 0 Å². The van der Waals surface area contributed by atoms with Crippen molar-refractivity contribution in [3.8, 4) is 5.75 Å². The maximum Gasteiger partial charge on any atom is 0.338 e. The van der Waals surface area contributed by atoms with Gasteiger partial charge in [-0.3, -0.25) is 9.59 Å². The van der Waals surface area contributed by atoms with Crippen LogP contribution in [0.3, 0.4) is 0 Å². The fraction of sp³-hybridized carbons (Fsp3) is 0.429. The molecule has 0 bridgehead atoms. The number of esters is 2. The number of carbonyl (C=O) groups excluding carboxylic acids is 3. The molecule has 38 heavy (non-hydrogen) atoms. The lowest BCUT2D eigenvalue weighted by molar-refractivity contribution is -0.151. The van der Waals surface area contributed by atoms with Crippen molar-refractivity contribution >= 4 is 34.8 Å². The van der Waals surface area contributed by atoms with Gasteiger partial charge in [-0.25, -0.2) is 9.79 Å². The fourth-order valence-corrected chi connectivity index (χ4v) is 5.92. The van der Waals surface area contributed by atoms with Gasteiger partial charge >= 0.3 is 11.9 Å². The summed E-state index contributed by atoms with van der Waals surface area (Å²) < 4.78 is 16.3. The summed E-state index contributed by atoms with van der Waals surface area (Å²) in [6.07, 6.45) is 3.06. The summed E-state index contributed by atoms with van der Waals surface area (Å²) in [5.74, 6) is -0.558. The van der Waals surface area contributed by atoms with Crippen LogP contribution < -0.4 is 4.74 Å². The zero-order valence-corrected chi connectivity index (χ0v) is 22.8. The molecule has 0 aromatic heterocycles. The van der Waals surface area contributed by atoms with Crippen LogP contribution in [-0.2, 0) is 23.9 Å². The van der Waals surface area contributed by atoms with E-state index in [1.54, 1.807) is 25.9 Å². The molecular formula is C28H33N3O6S. The monoisotopic (exact) mass is 539 g/mol. The lowest BCUT2D eigenvalue weighted by Crippen LogP contribution is -2.44. The number of aliphatic imine (C=N–C) groups is 1. The van der Waals surface area contributed by atoms with Gasteiger partial charge in [-0.15, -0.1) is 0 Å². The number of likely N-dealkylation sites (tertiary alicyclic amines) is 1. The number of thioether (sulfide) groups is 1. The molecule has 4 rings (SSSR count). The Labute approximate surface area is 227 Å². The van der Waals surface area contributed by atoms with E-state index in [9.17, 15) is 14.4 Å². The molecule has 1 aromatic rings. The summed E-state index contributed by atoms with van der Waals surface area (Å²) in [5, 5.41) is 2.57. The first-order chi connectivity index (χ1) is 18.4. The average molecular weight is 540 g/mol. The van der Waals surface area contributed by atoms with E-state index in [0.717, 1.165) is 17.7 Å². The van der Waals surface area contributed by atoms with Crippen LogP contribution in [0.25, 0.3) is 0 Å². The van der Waals surface area contributed by atoms with Crippen LogP contribution in [0.1, 0.15) is 44.7 Å². The molecule has 3 aliphatic rings. The molecule has 0 aliphatic carbocycles. The third kappa shape index (κ3) is 5.65. The van der Waals surface area contributed by atoms with Crippen molar-refractivity contribution < 1.29 is 28.6 Å². The van der Waals surface area contributed by atoms with Gasteiger partial charge in [-0.05, 0) is 38.2 Å². The van der Waals surface area contributed by atoms with Crippen LogP contribution in [0, 0.1) is 5.92 Å². The second-order valence-corrected chi connectivity index (χ2v) is 9.97. The maximum absolute atomic E-state index is 13.5. The lowest BCUT2D eigenvalue weighted by atomic mass is 9.93. The minimum Gasteiger partial charge on any atom is -0.496 e. The summed E-state index contributed by atoms with van der Waals surface area (Å²) in [6, 6.07) is 6.88. The number of piperidine rings is 1. The Morgan fingerprint density at radius 3 is 2.76 bits per heavy atom. The Morgan fingerprint density at radius 1 is 1.24 bits per heavy atom. The molecule has 2 atom stereocenters. The number of benzene rings is 1. The Hall–Kier alpha value is -3.53. The van der Waals surface area contributed by atoms with Gasteiger partial charge in [0.1, 0.15) is 12.4 Å². The lowest BCUT2D eigenvalue weighted by Gasteiger charge is -2.37. The molecule has 9 nitrogen and oxygen atoms in total. The van der Waals surface area contributed by atoms with Gasteiger partial charge in [0.25, 0.3) is 0 Å². The molecule has 0 N–H and O–H groups in total. The number of hydrogen-bond acceptors (Lipinski definition) is 9. The molecule has 3 heterocycles. The maximum atomic E-state index is 13.5. The van der Waals surface area contributed by atoms with E-state index in [4.69, 9.17) is 19.2 Å². The first-order valence-electron chi connectivity index (χ1n) is 12.7. The second-order valence-electron chi connectivity index (χ2n) is 9.13. The highest BCUT2D eigenvalue weighted by atomic mass is 32.2. The van der Waals surface area contributed by atoms with Crippen LogP contribution in [-0.4, -0.2) is 66.2 Å². The number of rotatable bonds is 9. The van der Waals surface area contributed by atoms with Crippen LogP contribution in [0.2, 0.25) is 0 Å². The summed E-state index contributed by atoms with van der Waals surface area (Å²) in [7, 11) is 1.58. The van der Waals surface area contributed by atoms with Gasteiger partial charge in [-0.2, -0.15) is 0 Å². The van der Waals surface area contributed by atoms with Crippen LogP contribution in [0.5, 0.6) is 5.75 Å². The van der Waals surface area contributed by atoms with E-state index >= 15 is 0 Å². The summed E-state index contributed by atoms with van der Waals surface area (Å²) in [6.45, 7) is 8.51. The summed E-state index contributed by atoms with van der Waals surface area (Å²) in [4.78, 5) is 47.4. The van der Waals surface area contributed by atoms with E-state index < -0.39 is 12.0 Å². The molecule has 0 saturated carbocycles. The fourth-order valence-electron chi connectivity index (χ4n) is 4.95. The number of amides is 1. The molecule has 10 heteroatoms. The topological polar surface area (TPSA) is 97.7 Å². The highest BCUT2D eigenvalue weighted by Gasteiger charge is 2.42. The standard InChI is InChI=1S/C28H33N3O6S/c1-5-14-37-27(34)24-18(3)29-28-31(25(24)21-11-7-8-12-22(21)35-4)20(17-38-28)15-23(32)30-13-9-10-19(16-30)26(33)36-6-2/h5,7-8,11-12,17,19,25H,1,6,9-10,13-16H2,2-4H3/t19-,25+/m0/s1. The van der Waals surface area contributed by atoms with Gasteiger partial charge in [0.05, 0.1) is 43.4 Å². The Kier molecular flexibility index (Phi) is 8.93. The zero-order valence-electron chi connectivity index (χ0n) is 22.0. The van der Waals surface area contributed by atoms with Crippen molar-refractivity contribution in [2.75, 3.05) is 33.4 Å². The second kappa shape index (κ2) is 12.3.